The van der Waals surface area contributed by atoms with Gasteiger partial charge in [0.1, 0.15) is 5.76 Å². The van der Waals surface area contributed by atoms with Crippen LogP contribution in [-0.4, -0.2) is 19.3 Å². The lowest BCUT2D eigenvalue weighted by atomic mass is 10.2. The van der Waals surface area contributed by atoms with Gasteiger partial charge in [-0.25, -0.2) is 0 Å². The van der Waals surface area contributed by atoms with E-state index in [2.05, 4.69) is 12.3 Å². The molecule has 0 amide bonds. The van der Waals surface area contributed by atoms with Crippen molar-refractivity contribution >= 4 is 0 Å². The zero-order valence-corrected chi connectivity index (χ0v) is 8.53. The smallest absolute Gasteiger partial charge is 0.105 e. The summed E-state index contributed by atoms with van der Waals surface area (Å²) in [6.07, 6.45) is 3.45. The minimum Gasteiger partial charge on any atom is -0.469 e. The molecule has 1 aromatic rings. The zero-order valence-electron chi connectivity index (χ0n) is 8.53. The van der Waals surface area contributed by atoms with Crippen LogP contribution >= 0.6 is 0 Å². The van der Waals surface area contributed by atoms with Crippen LogP contribution in [0.15, 0.2) is 22.8 Å². The van der Waals surface area contributed by atoms with Gasteiger partial charge in [0.05, 0.1) is 18.9 Å². The Bertz CT molecular complexity index is 224. The molecule has 0 bridgehead atoms. The molecule has 3 N–H and O–H groups in total. The van der Waals surface area contributed by atoms with Crippen LogP contribution in [0.1, 0.15) is 19.1 Å². The van der Waals surface area contributed by atoms with Crippen molar-refractivity contribution < 1.29 is 9.15 Å². The number of furan rings is 1. The van der Waals surface area contributed by atoms with Crippen LogP contribution in [0.25, 0.3) is 0 Å². The second kappa shape index (κ2) is 6.59. The lowest BCUT2D eigenvalue weighted by molar-refractivity contribution is 0.110. The van der Waals surface area contributed by atoms with Gasteiger partial charge < -0.3 is 9.15 Å². The van der Waals surface area contributed by atoms with Gasteiger partial charge in [0.2, 0.25) is 0 Å². The first-order valence-corrected chi connectivity index (χ1v) is 4.93. The Labute approximate surface area is 84.4 Å². The Balaban J connectivity index is 2.24. The third-order valence-electron chi connectivity index (χ3n) is 1.93. The number of hydrogen-bond donors (Lipinski definition) is 2. The quantitative estimate of drug-likeness (QED) is 0.391. The third kappa shape index (κ3) is 3.91. The van der Waals surface area contributed by atoms with E-state index in [0.29, 0.717) is 6.61 Å². The summed E-state index contributed by atoms with van der Waals surface area (Å²) in [6.45, 7) is 3.47. The van der Waals surface area contributed by atoms with E-state index < -0.39 is 0 Å². The second-order valence-corrected chi connectivity index (χ2v) is 3.22. The average molecular weight is 198 g/mol. The maximum absolute atomic E-state index is 5.40. The predicted molar refractivity (Wildman–Crippen MR) is 54.6 cm³/mol. The van der Waals surface area contributed by atoms with Gasteiger partial charge in [-0.3, -0.25) is 11.3 Å². The summed E-state index contributed by atoms with van der Waals surface area (Å²) in [4.78, 5) is 0. The highest BCUT2D eigenvalue weighted by molar-refractivity contribution is 5.00. The van der Waals surface area contributed by atoms with Crippen LogP contribution in [0.2, 0.25) is 0 Å². The summed E-state index contributed by atoms with van der Waals surface area (Å²) in [7, 11) is 0. The molecule has 0 spiro atoms. The fraction of sp³-hybridized carbons (Fsp3) is 0.600. The molecule has 80 valence electrons. The van der Waals surface area contributed by atoms with E-state index in [0.717, 1.165) is 25.2 Å². The lowest BCUT2D eigenvalue weighted by Gasteiger charge is -2.14. The number of rotatable bonds is 7. The Kier molecular flexibility index (Phi) is 5.29. The highest BCUT2D eigenvalue weighted by Crippen LogP contribution is 2.04. The molecule has 0 saturated heterocycles. The normalized spacial score (nSPS) is 13.0. The van der Waals surface area contributed by atoms with Gasteiger partial charge in [-0.1, -0.05) is 6.92 Å². The van der Waals surface area contributed by atoms with Crippen molar-refractivity contribution in [2.75, 3.05) is 13.2 Å². The number of hydrazine groups is 1. The first kappa shape index (κ1) is 11.2. The molecule has 0 aliphatic rings. The number of ether oxygens (including phenoxy) is 1. The van der Waals surface area contributed by atoms with Crippen LogP contribution in [0, 0.1) is 0 Å². The molecule has 14 heavy (non-hydrogen) atoms. The Hall–Kier alpha value is -0.840. The lowest BCUT2D eigenvalue weighted by Crippen LogP contribution is -2.40. The predicted octanol–water partition coefficient (Wildman–Crippen LogP) is 1.08. The monoisotopic (exact) mass is 198 g/mol. The Morgan fingerprint density at radius 3 is 3.07 bits per heavy atom. The van der Waals surface area contributed by atoms with E-state index in [9.17, 15) is 0 Å². The molecule has 0 aromatic carbocycles. The first-order valence-electron chi connectivity index (χ1n) is 4.93. The van der Waals surface area contributed by atoms with E-state index in [1.165, 1.54) is 0 Å². The molecule has 1 rings (SSSR count). The summed E-state index contributed by atoms with van der Waals surface area (Å²) in [5.41, 5.74) is 2.71. The van der Waals surface area contributed by atoms with Crippen molar-refractivity contribution in [3.8, 4) is 0 Å². The standard InChI is InChI=1S/C10H18N2O2/c1-2-5-13-8-9(12-11)7-10-4-3-6-14-10/h3-4,6,9,12H,2,5,7-8,11H2,1H3. The van der Waals surface area contributed by atoms with Crippen molar-refractivity contribution in [2.45, 2.75) is 25.8 Å². The van der Waals surface area contributed by atoms with Gasteiger partial charge in [-0.15, -0.1) is 0 Å². The number of nitrogens with two attached hydrogens (primary N) is 1. The fourth-order valence-corrected chi connectivity index (χ4v) is 1.21. The van der Waals surface area contributed by atoms with Crippen LogP contribution < -0.4 is 11.3 Å². The van der Waals surface area contributed by atoms with Crippen LogP contribution in [-0.2, 0) is 11.2 Å². The summed E-state index contributed by atoms with van der Waals surface area (Å²) >= 11 is 0. The molecule has 1 aromatic heterocycles. The van der Waals surface area contributed by atoms with E-state index in [1.54, 1.807) is 6.26 Å². The minimum absolute atomic E-state index is 0.118. The highest BCUT2D eigenvalue weighted by atomic mass is 16.5. The molecule has 0 fully saturated rings. The van der Waals surface area contributed by atoms with Gasteiger partial charge in [0, 0.05) is 13.0 Å². The molecular weight excluding hydrogens is 180 g/mol. The molecular formula is C10H18N2O2. The Morgan fingerprint density at radius 2 is 2.50 bits per heavy atom. The van der Waals surface area contributed by atoms with Crippen molar-refractivity contribution in [1.82, 2.24) is 5.43 Å². The second-order valence-electron chi connectivity index (χ2n) is 3.22. The Morgan fingerprint density at radius 1 is 1.64 bits per heavy atom. The van der Waals surface area contributed by atoms with Crippen molar-refractivity contribution in [1.29, 1.82) is 0 Å². The number of nitrogens with one attached hydrogen (secondary N) is 1. The van der Waals surface area contributed by atoms with Crippen LogP contribution in [0.5, 0.6) is 0 Å². The van der Waals surface area contributed by atoms with Crippen LogP contribution in [0.4, 0.5) is 0 Å². The summed E-state index contributed by atoms with van der Waals surface area (Å²) in [5.74, 6) is 6.32. The summed E-state index contributed by atoms with van der Waals surface area (Å²) in [6, 6.07) is 3.92. The van der Waals surface area contributed by atoms with Crippen LogP contribution in [0.3, 0.4) is 0 Å². The number of hydrogen-bond acceptors (Lipinski definition) is 4. The van der Waals surface area contributed by atoms with Gasteiger partial charge in [-0.2, -0.15) is 0 Å². The summed E-state index contributed by atoms with van der Waals surface area (Å²) < 4.78 is 10.6. The van der Waals surface area contributed by atoms with Crippen molar-refractivity contribution in [3.05, 3.63) is 24.2 Å². The minimum atomic E-state index is 0.118. The van der Waals surface area contributed by atoms with Crippen molar-refractivity contribution in [3.63, 3.8) is 0 Å². The zero-order chi connectivity index (χ0) is 10.2. The first-order chi connectivity index (χ1) is 6.86. The maximum atomic E-state index is 5.40. The molecule has 4 nitrogen and oxygen atoms in total. The molecule has 0 aliphatic carbocycles. The summed E-state index contributed by atoms with van der Waals surface area (Å²) in [5, 5.41) is 0. The molecule has 1 heterocycles. The maximum Gasteiger partial charge on any atom is 0.105 e. The third-order valence-corrected chi connectivity index (χ3v) is 1.93. The van der Waals surface area contributed by atoms with Gasteiger partial charge >= 0.3 is 0 Å². The van der Waals surface area contributed by atoms with Crippen molar-refractivity contribution in [2.24, 2.45) is 5.84 Å². The molecule has 0 saturated carbocycles. The average Bonchev–Trinajstić information content (AvgIpc) is 2.69. The van der Waals surface area contributed by atoms with E-state index in [4.69, 9.17) is 15.0 Å². The largest absolute Gasteiger partial charge is 0.469 e. The molecule has 0 aliphatic heterocycles. The van der Waals surface area contributed by atoms with Gasteiger partial charge in [0.15, 0.2) is 0 Å². The molecule has 4 heteroatoms. The highest BCUT2D eigenvalue weighted by Gasteiger charge is 2.09. The SMILES string of the molecule is CCCOCC(Cc1ccco1)NN. The molecule has 1 atom stereocenters. The van der Waals surface area contributed by atoms with Gasteiger partial charge in [-0.05, 0) is 18.6 Å². The van der Waals surface area contributed by atoms with E-state index >= 15 is 0 Å². The van der Waals surface area contributed by atoms with E-state index in [1.807, 2.05) is 12.1 Å². The fourth-order valence-electron chi connectivity index (χ4n) is 1.21. The molecule has 0 radical (unpaired) electrons. The van der Waals surface area contributed by atoms with E-state index in [-0.39, 0.29) is 6.04 Å². The molecule has 1 unspecified atom stereocenters. The van der Waals surface area contributed by atoms with Gasteiger partial charge in [0.25, 0.3) is 0 Å². The topological polar surface area (TPSA) is 60.4 Å².